The second-order valence-corrected chi connectivity index (χ2v) is 4.68. The number of aromatic nitrogens is 2. The van der Waals surface area contributed by atoms with E-state index < -0.39 is 36.0 Å². The first-order valence-corrected chi connectivity index (χ1v) is 6.32. The minimum atomic E-state index is -3.56. The van der Waals surface area contributed by atoms with Gasteiger partial charge in [-0.3, -0.25) is 9.36 Å². The molecule has 2 heterocycles. The number of ether oxygens (including phenoxy) is 2. The van der Waals surface area contributed by atoms with Crippen LogP contribution in [0.15, 0.2) is 17.1 Å². The molecular weight excluding hydrogens is 288 g/mol. The van der Waals surface area contributed by atoms with Gasteiger partial charge in [0.2, 0.25) is 6.23 Å². The van der Waals surface area contributed by atoms with Gasteiger partial charge in [-0.2, -0.15) is 13.8 Å². The Morgan fingerprint density at radius 3 is 2.81 bits per heavy atom. The monoisotopic (exact) mass is 303 g/mol. The number of carbonyl (C=O) groups is 1. The summed E-state index contributed by atoms with van der Waals surface area (Å²) in [5.41, 5.74) is 4.36. The van der Waals surface area contributed by atoms with Crippen LogP contribution >= 0.6 is 0 Å². The third-order valence-corrected chi connectivity index (χ3v) is 3.15. The number of halogens is 2. The Labute approximate surface area is 118 Å². The summed E-state index contributed by atoms with van der Waals surface area (Å²) in [6.45, 7) is 2.65. The maximum atomic E-state index is 14.4. The van der Waals surface area contributed by atoms with Gasteiger partial charge in [0.05, 0.1) is 0 Å². The average Bonchev–Trinajstić information content (AvgIpc) is 2.61. The lowest BCUT2D eigenvalue weighted by Crippen LogP contribution is -2.43. The number of esters is 1. The number of alkyl halides is 2. The lowest BCUT2D eigenvalue weighted by molar-refractivity contribution is -0.174. The van der Waals surface area contributed by atoms with Gasteiger partial charge in [-0.05, 0) is 12.5 Å². The Bertz CT molecular complexity index is 604. The number of nitrogens with two attached hydrogens (primary N) is 1. The van der Waals surface area contributed by atoms with E-state index in [9.17, 15) is 18.4 Å². The Balaban J connectivity index is 2.41. The van der Waals surface area contributed by atoms with Gasteiger partial charge in [0.25, 0.3) is 0 Å². The molecule has 0 saturated carbocycles. The third kappa shape index (κ3) is 2.73. The minimum Gasteiger partial charge on any atom is -0.453 e. The molecule has 0 spiro atoms. The highest BCUT2D eigenvalue weighted by Crippen LogP contribution is 2.44. The molecule has 0 aromatic carbocycles. The van der Waals surface area contributed by atoms with Crippen molar-refractivity contribution in [3.05, 3.63) is 22.7 Å². The van der Waals surface area contributed by atoms with E-state index in [1.807, 2.05) is 0 Å². The highest BCUT2D eigenvalue weighted by atomic mass is 19.3. The van der Waals surface area contributed by atoms with E-state index in [0.29, 0.717) is 4.57 Å². The van der Waals surface area contributed by atoms with Crippen LogP contribution in [0.25, 0.3) is 0 Å². The SMILES string of the molecule is CC[C@H]1O[C@@H](n2ccc(N)nc2=O)C(F)(F)C1OC(C)=O. The van der Waals surface area contributed by atoms with Crippen molar-refractivity contribution < 1.29 is 23.0 Å². The number of anilines is 1. The van der Waals surface area contributed by atoms with E-state index in [-0.39, 0.29) is 12.2 Å². The van der Waals surface area contributed by atoms with Crippen LogP contribution in [0.3, 0.4) is 0 Å². The van der Waals surface area contributed by atoms with Crippen LogP contribution in [0.2, 0.25) is 0 Å². The zero-order valence-electron chi connectivity index (χ0n) is 11.5. The number of hydrogen-bond acceptors (Lipinski definition) is 6. The number of nitrogens with zero attached hydrogens (tertiary/aromatic N) is 2. The summed E-state index contributed by atoms with van der Waals surface area (Å²) in [7, 11) is 0. The maximum Gasteiger partial charge on any atom is 0.351 e. The molecule has 0 radical (unpaired) electrons. The Morgan fingerprint density at radius 2 is 2.29 bits per heavy atom. The zero-order valence-corrected chi connectivity index (χ0v) is 11.5. The van der Waals surface area contributed by atoms with Crippen molar-refractivity contribution in [3.8, 4) is 0 Å². The molecule has 1 aliphatic rings. The average molecular weight is 303 g/mol. The van der Waals surface area contributed by atoms with Gasteiger partial charge >= 0.3 is 17.6 Å². The van der Waals surface area contributed by atoms with Crippen LogP contribution in [0.5, 0.6) is 0 Å². The molecule has 1 unspecified atom stereocenters. The molecule has 1 saturated heterocycles. The molecule has 1 aromatic rings. The number of nitrogen functional groups attached to an aromatic ring is 1. The lowest BCUT2D eigenvalue weighted by atomic mass is 10.1. The molecule has 7 nitrogen and oxygen atoms in total. The van der Waals surface area contributed by atoms with Crippen LogP contribution in [0, 0.1) is 0 Å². The first-order valence-electron chi connectivity index (χ1n) is 6.32. The molecule has 21 heavy (non-hydrogen) atoms. The van der Waals surface area contributed by atoms with Crippen molar-refractivity contribution in [2.24, 2.45) is 0 Å². The maximum absolute atomic E-state index is 14.4. The van der Waals surface area contributed by atoms with E-state index in [1.165, 1.54) is 6.07 Å². The fourth-order valence-electron chi connectivity index (χ4n) is 2.21. The topological polar surface area (TPSA) is 96.4 Å². The summed E-state index contributed by atoms with van der Waals surface area (Å²) in [4.78, 5) is 26.1. The van der Waals surface area contributed by atoms with Crippen LogP contribution < -0.4 is 11.4 Å². The van der Waals surface area contributed by atoms with Gasteiger partial charge < -0.3 is 15.2 Å². The van der Waals surface area contributed by atoms with E-state index in [0.717, 1.165) is 13.1 Å². The predicted octanol–water partition coefficient (Wildman–Crippen LogP) is 0.700. The summed E-state index contributed by atoms with van der Waals surface area (Å²) in [6, 6.07) is 1.21. The number of carbonyl (C=O) groups excluding carboxylic acids is 1. The Morgan fingerprint density at radius 1 is 1.62 bits per heavy atom. The smallest absolute Gasteiger partial charge is 0.351 e. The Kier molecular flexibility index (Phi) is 3.95. The molecular formula is C12H15F2N3O4. The fraction of sp³-hybridized carbons (Fsp3) is 0.583. The van der Waals surface area contributed by atoms with Gasteiger partial charge in [-0.1, -0.05) is 6.92 Å². The van der Waals surface area contributed by atoms with Crippen LogP contribution in [-0.4, -0.2) is 33.7 Å². The lowest BCUT2D eigenvalue weighted by Gasteiger charge is -2.23. The molecule has 116 valence electrons. The van der Waals surface area contributed by atoms with Gasteiger partial charge in [0.15, 0.2) is 6.10 Å². The normalized spacial score (nSPS) is 27.5. The van der Waals surface area contributed by atoms with Crippen LogP contribution in [0.1, 0.15) is 26.5 Å². The minimum absolute atomic E-state index is 0.0823. The largest absolute Gasteiger partial charge is 0.453 e. The van der Waals surface area contributed by atoms with Gasteiger partial charge in [-0.15, -0.1) is 0 Å². The first-order chi connectivity index (χ1) is 9.77. The molecule has 0 aliphatic carbocycles. The first kappa shape index (κ1) is 15.4. The third-order valence-electron chi connectivity index (χ3n) is 3.15. The van der Waals surface area contributed by atoms with Crippen molar-refractivity contribution in [1.29, 1.82) is 0 Å². The van der Waals surface area contributed by atoms with E-state index in [1.54, 1.807) is 6.92 Å². The molecule has 2 rings (SSSR count). The summed E-state index contributed by atoms with van der Waals surface area (Å²) >= 11 is 0. The van der Waals surface area contributed by atoms with Gasteiger partial charge in [0, 0.05) is 13.1 Å². The van der Waals surface area contributed by atoms with Crippen molar-refractivity contribution >= 4 is 11.8 Å². The molecule has 1 aliphatic heterocycles. The van der Waals surface area contributed by atoms with Gasteiger partial charge in [0.1, 0.15) is 11.9 Å². The summed E-state index contributed by atoms with van der Waals surface area (Å²) in [5, 5.41) is 0. The molecule has 0 bridgehead atoms. The predicted molar refractivity (Wildman–Crippen MR) is 67.6 cm³/mol. The van der Waals surface area contributed by atoms with Crippen molar-refractivity contribution in [1.82, 2.24) is 9.55 Å². The van der Waals surface area contributed by atoms with Gasteiger partial charge in [-0.25, -0.2) is 4.79 Å². The summed E-state index contributed by atoms with van der Waals surface area (Å²) in [5.74, 6) is -4.49. The fourth-order valence-corrected chi connectivity index (χ4v) is 2.21. The molecule has 3 atom stereocenters. The van der Waals surface area contributed by atoms with E-state index >= 15 is 0 Å². The van der Waals surface area contributed by atoms with E-state index in [4.69, 9.17) is 10.5 Å². The Hall–Kier alpha value is -2.03. The van der Waals surface area contributed by atoms with Crippen molar-refractivity contribution in [2.45, 2.75) is 44.6 Å². The molecule has 9 heteroatoms. The number of rotatable bonds is 3. The second-order valence-electron chi connectivity index (χ2n) is 4.68. The van der Waals surface area contributed by atoms with E-state index in [2.05, 4.69) is 9.72 Å². The number of hydrogen-bond donors (Lipinski definition) is 1. The second kappa shape index (κ2) is 5.40. The highest BCUT2D eigenvalue weighted by Gasteiger charge is 2.61. The molecule has 0 amide bonds. The standard InChI is InChI=1S/C12H15F2N3O4/c1-3-7-9(20-6(2)18)12(13,14)10(21-7)17-5-4-8(15)16-11(17)19/h4-5,7,9-10H,3H2,1-2H3,(H2,15,16,19)/t7-,9?,10-/m1/s1. The highest BCUT2D eigenvalue weighted by molar-refractivity contribution is 5.66. The summed E-state index contributed by atoms with van der Waals surface area (Å²) in [6.07, 6.45) is -3.40. The quantitative estimate of drug-likeness (QED) is 0.826. The van der Waals surface area contributed by atoms with Crippen molar-refractivity contribution in [2.75, 3.05) is 5.73 Å². The zero-order chi connectivity index (χ0) is 15.8. The van der Waals surface area contributed by atoms with Crippen LogP contribution in [-0.2, 0) is 14.3 Å². The summed E-state index contributed by atoms with van der Waals surface area (Å²) < 4.78 is 39.3. The molecule has 2 N–H and O–H groups in total. The van der Waals surface area contributed by atoms with Crippen LogP contribution in [0.4, 0.5) is 14.6 Å². The van der Waals surface area contributed by atoms with Crippen molar-refractivity contribution in [3.63, 3.8) is 0 Å². The molecule has 1 aromatic heterocycles. The molecule has 1 fully saturated rings.